The van der Waals surface area contributed by atoms with Gasteiger partial charge in [-0.1, -0.05) is 37.3 Å². The minimum Gasteiger partial charge on any atom is -0.489 e. The molecule has 2 amide bonds. The smallest absolute Gasteiger partial charge is 0.236 e. The second kappa shape index (κ2) is 11.7. The number of para-hydroxylation sites is 1. The first-order chi connectivity index (χ1) is 16.1. The van der Waals surface area contributed by atoms with E-state index in [1.165, 1.54) is 0 Å². The van der Waals surface area contributed by atoms with Crippen molar-refractivity contribution in [1.29, 1.82) is 0 Å². The summed E-state index contributed by atoms with van der Waals surface area (Å²) in [5.41, 5.74) is 1.11. The lowest BCUT2D eigenvalue weighted by Gasteiger charge is -2.39. The van der Waals surface area contributed by atoms with Crippen molar-refractivity contribution in [2.45, 2.75) is 32.7 Å². The highest BCUT2D eigenvalue weighted by atomic mass is 16.5. The molecule has 2 fully saturated rings. The molecule has 180 valence electrons. The highest BCUT2D eigenvalue weighted by Crippen LogP contribution is 2.29. The van der Waals surface area contributed by atoms with Gasteiger partial charge in [-0.2, -0.15) is 0 Å². The Hall–Kier alpha value is -2.38. The normalized spacial score (nSPS) is 25.8. The molecule has 0 aromatic heterocycles. The first kappa shape index (κ1) is 23.8. The molecule has 3 aliphatic heterocycles. The zero-order chi connectivity index (χ0) is 23.0. The molecule has 0 N–H and O–H groups in total. The summed E-state index contributed by atoms with van der Waals surface area (Å²) in [7, 11) is 0. The maximum absolute atomic E-state index is 13.2. The Balaban J connectivity index is 1.50. The van der Waals surface area contributed by atoms with Gasteiger partial charge in [0, 0.05) is 44.7 Å². The van der Waals surface area contributed by atoms with Crippen molar-refractivity contribution in [3.8, 4) is 5.75 Å². The SMILES string of the molecule is CCCN1CC(=O)N2CC[C@@H](CC(=O)N3CCOCC3)[C@@H](/C=C/COc3ccccc3C1)C2. The van der Waals surface area contributed by atoms with Crippen molar-refractivity contribution < 1.29 is 19.1 Å². The summed E-state index contributed by atoms with van der Waals surface area (Å²) in [6, 6.07) is 8.09. The monoisotopic (exact) mass is 455 g/mol. The highest BCUT2D eigenvalue weighted by Gasteiger charge is 2.33. The van der Waals surface area contributed by atoms with E-state index in [0.717, 1.165) is 37.2 Å². The van der Waals surface area contributed by atoms with Gasteiger partial charge < -0.3 is 19.3 Å². The van der Waals surface area contributed by atoms with Crippen LogP contribution in [0.3, 0.4) is 0 Å². The van der Waals surface area contributed by atoms with E-state index in [9.17, 15) is 9.59 Å². The summed E-state index contributed by atoms with van der Waals surface area (Å²) >= 11 is 0. The number of hydrogen-bond acceptors (Lipinski definition) is 5. The van der Waals surface area contributed by atoms with E-state index in [1.807, 2.05) is 28.0 Å². The van der Waals surface area contributed by atoms with Gasteiger partial charge in [0.15, 0.2) is 0 Å². The minimum absolute atomic E-state index is 0.159. The summed E-state index contributed by atoms with van der Waals surface area (Å²) in [4.78, 5) is 32.3. The lowest BCUT2D eigenvalue weighted by molar-refractivity contribution is -0.138. The van der Waals surface area contributed by atoms with Gasteiger partial charge in [0.25, 0.3) is 0 Å². The van der Waals surface area contributed by atoms with Crippen molar-refractivity contribution in [3.63, 3.8) is 0 Å². The molecule has 2 atom stereocenters. The molecule has 0 unspecified atom stereocenters. The predicted molar refractivity (Wildman–Crippen MR) is 127 cm³/mol. The van der Waals surface area contributed by atoms with Gasteiger partial charge in [-0.15, -0.1) is 0 Å². The van der Waals surface area contributed by atoms with Crippen molar-refractivity contribution in [2.75, 3.05) is 59.1 Å². The Morgan fingerprint density at radius 1 is 1.12 bits per heavy atom. The molecule has 0 spiro atoms. The predicted octanol–water partition coefficient (Wildman–Crippen LogP) is 2.56. The number of fused-ring (bicyclic) bond motifs is 3. The van der Waals surface area contributed by atoms with Crippen molar-refractivity contribution in [1.82, 2.24) is 14.7 Å². The molecule has 7 nitrogen and oxygen atoms in total. The van der Waals surface area contributed by atoms with Crippen molar-refractivity contribution in [2.24, 2.45) is 11.8 Å². The van der Waals surface area contributed by atoms with Crippen LogP contribution in [-0.4, -0.2) is 85.6 Å². The molecule has 2 saturated heterocycles. The number of morpholine rings is 1. The minimum atomic E-state index is 0.159. The molecule has 33 heavy (non-hydrogen) atoms. The van der Waals surface area contributed by atoms with Crippen molar-refractivity contribution in [3.05, 3.63) is 42.0 Å². The lowest BCUT2D eigenvalue weighted by Crippen LogP contribution is -2.48. The van der Waals surface area contributed by atoms with Gasteiger partial charge in [-0.05, 0) is 37.3 Å². The number of rotatable bonds is 4. The second-order valence-electron chi connectivity index (χ2n) is 9.31. The molecular formula is C26H37N3O4. The molecule has 0 saturated carbocycles. The number of carbonyl (C=O) groups is 2. The first-order valence-electron chi connectivity index (χ1n) is 12.4. The van der Waals surface area contributed by atoms with E-state index >= 15 is 0 Å². The van der Waals surface area contributed by atoms with Gasteiger partial charge in [-0.3, -0.25) is 14.5 Å². The van der Waals surface area contributed by atoms with Crippen LogP contribution < -0.4 is 4.74 Å². The third-order valence-electron chi connectivity index (χ3n) is 6.94. The maximum Gasteiger partial charge on any atom is 0.236 e. The van der Waals surface area contributed by atoms with E-state index in [4.69, 9.17) is 9.47 Å². The summed E-state index contributed by atoms with van der Waals surface area (Å²) in [6.45, 7) is 8.60. The Morgan fingerprint density at radius 3 is 2.76 bits per heavy atom. The Labute approximate surface area is 197 Å². The van der Waals surface area contributed by atoms with Crippen LogP contribution in [0.2, 0.25) is 0 Å². The molecule has 1 aromatic rings. The summed E-state index contributed by atoms with van der Waals surface area (Å²) in [6.07, 6.45) is 6.60. The van der Waals surface area contributed by atoms with Gasteiger partial charge in [0.1, 0.15) is 12.4 Å². The third kappa shape index (κ3) is 6.36. The number of piperidine rings is 1. The molecule has 3 heterocycles. The highest BCUT2D eigenvalue weighted by molar-refractivity contribution is 5.79. The molecule has 3 aliphatic rings. The molecule has 7 heteroatoms. The fourth-order valence-electron chi connectivity index (χ4n) is 5.10. The quantitative estimate of drug-likeness (QED) is 0.653. The van der Waals surface area contributed by atoms with Crippen LogP contribution in [0.1, 0.15) is 31.7 Å². The van der Waals surface area contributed by atoms with E-state index in [0.29, 0.717) is 59.0 Å². The third-order valence-corrected chi connectivity index (χ3v) is 6.94. The van der Waals surface area contributed by atoms with Gasteiger partial charge >= 0.3 is 0 Å². The first-order valence-corrected chi connectivity index (χ1v) is 12.4. The number of amides is 2. The van der Waals surface area contributed by atoms with Crippen LogP contribution in [0.4, 0.5) is 0 Å². The van der Waals surface area contributed by atoms with E-state index in [-0.39, 0.29) is 23.7 Å². The number of nitrogens with zero attached hydrogens (tertiary/aromatic N) is 3. The summed E-state index contributed by atoms with van der Waals surface area (Å²) < 4.78 is 11.5. The zero-order valence-electron chi connectivity index (χ0n) is 19.8. The number of ether oxygens (including phenoxy) is 2. The summed E-state index contributed by atoms with van der Waals surface area (Å²) in [5, 5.41) is 0. The average molecular weight is 456 g/mol. The van der Waals surface area contributed by atoms with E-state index in [2.05, 4.69) is 30.0 Å². The maximum atomic E-state index is 13.2. The Morgan fingerprint density at radius 2 is 1.94 bits per heavy atom. The fourth-order valence-corrected chi connectivity index (χ4v) is 5.10. The molecule has 4 rings (SSSR count). The number of hydrogen-bond donors (Lipinski definition) is 0. The average Bonchev–Trinajstić information content (AvgIpc) is 2.84. The van der Waals surface area contributed by atoms with Gasteiger partial charge in [0.2, 0.25) is 11.8 Å². The van der Waals surface area contributed by atoms with E-state index in [1.54, 1.807) is 0 Å². The number of benzene rings is 1. The second-order valence-corrected chi connectivity index (χ2v) is 9.31. The summed E-state index contributed by atoms with van der Waals surface area (Å²) in [5.74, 6) is 1.66. The van der Waals surface area contributed by atoms with Crippen LogP contribution in [-0.2, 0) is 20.9 Å². The van der Waals surface area contributed by atoms with Crippen LogP contribution >= 0.6 is 0 Å². The Bertz CT molecular complexity index is 837. The fraction of sp³-hybridized carbons (Fsp3) is 0.615. The van der Waals surface area contributed by atoms with Gasteiger partial charge in [-0.25, -0.2) is 0 Å². The van der Waals surface area contributed by atoms with Crippen LogP contribution in [0.15, 0.2) is 36.4 Å². The van der Waals surface area contributed by atoms with Crippen LogP contribution in [0.25, 0.3) is 0 Å². The largest absolute Gasteiger partial charge is 0.489 e. The Kier molecular flexibility index (Phi) is 8.40. The molecule has 0 radical (unpaired) electrons. The molecular weight excluding hydrogens is 418 g/mol. The van der Waals surface area contributed by atoms with Crippen LogP contribution in [0.5, 0.6) is 5.75 Å². The molecule has 1 aromatic carbocycles. The molecule has 0 aliphatic carbocycles. The van der Waals surface area contributed by atoms with Crippen molar-refractivity contribution >= 4 is 11.8 Å². The molecule has 2 bridgehead atoms. The number of carbonyl (C=O) groups excluding carboxylic acids is 2. The zero-order valence-corrected chi connectivity index (χ0v) is 19.8. The van der Waals surface area contributed by atoms with Crippen LogP contribution in [0, 0.1) is 11.8 Å². The van der Waals surface area contributed by atoms with Gasteiger partial charge in [0.05, 0.1) is 19.8 Å². The lowest BCUT2D eigenvalue weighted by atomic mass is 9.82. The standard InChI is InChI=1S/C26H37N3O4/c1-2-10-27-18-23-6-3-4-8-24(23)33-14-5-7-22-19-29(26(31)20-27)11-9-21(22)17-25(30)28-12-15-32-16-13-28/h3-8,21-22H,2,9-20H2,1H3/b7-5+/t21-,22-/m0/s1. The van der Waals surface area contributed by atoms with E-state index < -0.39 is 0 Å². The topological polar surface area (TPSA) is 62.3 Å².